The Morgan fingerprint density at radius 1 is 1.11 bits per heavy atom. The van der Waals surface area contributed by atoms with Crippen LogP contribution in [0.2, 0.25) is 0 Å². The van der Waals surface area contributed by atoms with E-state index >= 15 is 0 Å². The number of hydrogen-bond acceptors (Lipinski definition) is 1. The van der Waals surface area contributed by atoms with E-state index in [1.807, 2.05) is 6.92 Å². The van der Waals surface area contributed by atoms with E-state index in [2.05, 4.69) is 40.2 Å². The van der Waals surface area contributed by atoms with Crippen molar-refractivity contribution in [1.82, 2.24) is 5.32 Å². The van der Waals surface area contributed by atoms with Crippen molar-refractivity contribution in [1.29, 1.82) is 0 Å². The summed E-state index contributed by atoms with van der Waals surface area (Å²) in [6.07, 6.45) is 3.85. The molecule has 0 saturated heterocycles. The molecular weight excluding hydrogens is 224 g/mol. The lowest BCUT2D eigenvalue weighted by Gasteiger charge is -2.30. The topological polar surface area (TPSA) is 29.1 Å². The van der Waals surface area contributed by atoms with E-state index in [1.165, 1.54) is 25.8 Å². The number of quaternary nitrogens is 1. The van der Waals surface area contributed by atoms with Crippen LogP contribution in [-0.2, 0) is 4.79 Å². The van der Waals surface area contributed by atoms with Gasteiger partial charge in [0.2, 0.25) is 5.91 Å². The van der Waals surface area contributed by atoms with Crippen molar-refractivity contribution in [2.45, 2.75) is 47.0 Å². The Labute approximate surface area is 114 Å². The van der Waals surface area contributed by atoms with Crippen molar-refractivity contribution in [3.05, 3.63) is 0 Å². The van der Waals surface area contributed by atoms with Crippen LogP contribution in [-0.4, -0.2) is 44.1 Å². The van der Waals surface area contributed by atoms with E-state index in [9.17, 15) is 4.79 Å². The van der Waals surface area contributed by atoms with Crippen molar-refractivity contribution in [3.63, 3.8) is 0 Å². The third-order valence-electron chi connectivity index (χ3n) is 3.80. The molecular formula is C15H33N2O+. The minimum absolute atomic E-state index is 0.112. The summed E-state index contributed by atoms with van der Waals surface area (Å²) in [7, 11) is 4.49. The predicted molar refractivity (Wildman–Crippen MR) is 78.4 cm³/mol. The number of rotatable bonds is 9. The molecule has 108 valence electrons. The van der Waals surface area contributed by atoms with Gasteiger partial charge in [0.25, 0.3) is 0 Å². The first-order valence-corrected chi connectivity index (χ1v) is 7.40. The van der Waals surface area contributed by atoms with Gasteiger partial charge in [-0.05, 0) is 18.8 Å². The van der Waals surface area contributed by atoms with Crippen molar-refractivity contribution >= 4 is 5.91 Å². The molecule has 0 rings (SSSR count). The zero-order valence-electron chi connectivity index (χ0n) is 13.3. The summed E-state index contributed by atoms with van der Waals surface area (Å²) in [6, 6.07) is 0. The van der Waals surface area contributed by atoms with E-state index in [-0.39, 0.29) is 11.8 Å². The summed E-state index contributed by atoms with van der Waals surface area (Å²) >= 11 is 0. The van der Waals surface area contributed by atoms with Crippen LogP contribution in [0.1, 0.15) is 47.0 Å². The first-order chi connectivity index (χ1) is 8.30. The molecule has 0 saturated carbocycles. The molecule has 1 amide bonds. The van der Waals surface area contributed by atoms with Gasteiger partial charge in [-0.25, -0.2) is 0 Å². The SMILES string of the molecule is CCCCC[N+](C)(C)CCNC(=O)C(C)C(C)C. The molecule has 1 unspecified atom stereocenters. The van der Waals surface area contributed by atoms with Gasteiger partial charge in [-0.3, -0.25) is 4.79 Å². The van der Waals surface area contributed by atoms with Gasteiger partial charge in [0.05, 0.1) is 33.7 Å². The van der Waals surface area contributed by atoms with E-state index in [0.29, 0.717) is 5.92 Å². The molecule has 3 heteroatoms. The maximum absolute atomic E-state index is 11.8. The summed E-state index contributed by atoms with van der Waals surface area (Å²) in [5.74, 6) is 0.719. The van der Waals surface area contributed by atoms with Crippen LogP contribution in [0.3, 0.4) is 0 Å². The third kappa shape index (κ3) is 7.70. The van der Waals surface area contributed by atoms with Gasteiger partial charge < -0.3 is 9.80 Å². The summed E-state index contributed by atoms with van der Waals surface area (Å²) < 4.78 is 0.996. The number of amides is 1. The zero-order chi connectivity index (χ0) is 14.2. The van der Waals surface area contributed by atoms with Crippen LogP contribution in [0.25, 0.3) is 0 Å². The van der Waals surface area contributed by atoms with Crippen LogP contribution >= 0.6 is 0 Å². The van der Waals surface area contributed by atoms with Gasteiger partial charge >= 0.3 is 0 Å². The summed E-state index contributed by atoms with van der Waals surface area (Å²) in [6.45, 7) is 11.4. The van der Waals surface area contributed by atoms with Gasteiger partial charge in [-0.2, -0.15) is 0 Å². The van der Waals surface area contributed by atoms with Crippen molar-refractivity contribution in [2.24, 2.45) is 11.8 Å². The summed E-state index contributed by atoms with van der Waals surface area (Å²) in [5, 5.41) is 3.06. The van der Waals surface area contributed by atoms with Crippen LogP contribution in [0, 0.1) is 11.8 Å². The maximum atomic E-state index is 11.8. The molecule has 18 heavy (non-hydrogen) atoms. The molecule has 0 aliphatic rings. The van der Waals surface area contributed by atoms with Crippen LogP contribution in [0.5, 0.6) is 0 Å². The molecule has 0 bridgehead atoms. The molecule has 0 aromatic carbocycles. The van der Waals surface area contributed by atoms with Crippen LogP contribution in [0.15, 0.2) is 0 Å². The molecule has 0 aliphatic heterocycles. The fraction of sp³-hybridized carbons (Fsp3) is 0.933. The smallest absolute Gasteiger partial charge is 0.223 e. The van der Waals surface area contributed by atoms with Crippen LogP contribution in [0.4, 0.5) is 0 Å². The number of nitrogens with one attached hydrogen (secondary N) is 1. The van der Waals surface area contributed by atoms with Gasteiger partial charge in [0.15, 0.2) is 0 Å². The summed E-state index contributed by atoms with van der Waals surface area (Å²) in [4.78, 5) is 11.8. The lowest BCUT2D eigenvalue weighted by atomic mass is 9.97. The molecule has 0 aromatic rings. The lowest BCUT2D eigenvalue weighted by molar-refractivity contribution is -0.889. The monoisotopic (exact) mass is 257 g/mol. The highest BCUT2D eigenvalue weighted by atomic mass is 16.1. The second-order valence-corrected chi connectivity index (χ2v) is 6.41. The number of hydrogen-bond donors (Lipinski definition) is 1. The van der Waals surface area contributed by atoms with Crippen molar-refractivity contribution in [3.8, 4) is 0 Å². The fourth-order valence-corrected chi connectivity index (χ4v) is 1.85. The van der Waals surface area contributed by atoms with Crippen molar-refractivity contribution < 1.29 is 9.28 Å². The molecule has 0 aromatic heterocycles. The Morgan fingerprint density at radius 2 is 1.72 bits per heavy atom. The van der Waals surface area contributed by atoms with E-state index in [1.54, 1.807) is 0 Å². The number of carbonyl (C=O) groups excluding carboxylic acids is 1. The minimum atomic E-state index is 0.112. The van der Waals surface area contributed by atoms with E-state index in [0.717, 1.165) is 17.6 Å². The Kier molecular flexibility index (Phi) is 8.25. The zero-order valence-corrected chi connectivity index (χ0v) is 13.3. The molecule has 0 heterocycles. The average Bonchev–Trinajstić information content (AvgIpc) is 2.27. The normalized spacial score (nSPS) is 13.7. The maximum Gasteiger partial charge on any atom is 0.223 e. The average molecular weight is 257 g/mol. The Bertz CT molecular complexity index is 237. The van der Waals surface area contributed by atoms with E-state index in [4.69, 9.17) is 0 Å². The number of unbranched alkanes of at least 4 members (excludes halogenated alkanes) is 2. The highest BCUT2D eigenvalue weighted by Gasteiger charge is 2.18. The molecule has 1 N–H and O–H groups in total. The Balaban J connectivity index is 3.84. The number of nitrogens with zero attached hydrogens (tertiary/aromatic N) is 1. The molecule has 0 radical (unpaired) electrons. The second-order valence-electron chi connectivity index (χ2n) is 6.41. The number of carbonyl (C=O) groups is 1. The fourth-order valence-electron chi connectivity index (χ4n) is 1.85. The lowest BCUT2D eigenvalue weighted by Crippen LogP contribution is -2.46. The molecule has 3 nitrogen and oxygen atoms in total. The molecule has 0 aliphatic carbocycles. The number of likely N-dealkylation sites (N-methyl/N-ethyl adjacent to an activating group) is 1. The molecule has 1 atom stereocenters. The third-order valence-corrected chi connectivity index (χ3v) is 3.80. The predicted octanol–water partition coefficient (Wildman–Crippen LogP) is 2.66. The van der Waals surface area contributed by atoms with Gasteiger partial charge in [0, 0.05) is 5.92 Å². The highest BCUT2D eigenvalue weighted by molar-refractivity contribution is 5.78. The van der Waals surface area contributed by atoms with Gasteiger partial charge in [-0.1, -0.05) is 34.1 Å². The Morgan fingerprint density at radius 3 is 2.22 bits per heavy atom. The van der Waals surface area contributed by atoms with Gasteiger partial charge in [-0.15, -0.1) is 0 Å². The molecule has 0 fully saturated rings. The van der Waals surface area contributed by atoms with Crippen molar-refractivity contribution in [2.75, 3.05) is 33.7 Å². The van der Waals surface area contributed by atoms with E-state index < -0.39 is 0 Å². The quantitative estimate of drug-likeness (QED) is 0.499. The molecule has 0 spiro atoms. The largest absolute Gasteiger partial charge is 0.350 e. The highest BCUT2D eigenvalue weighted by Crippen LogP contribution is 2.09. The first kappa shape index (κ1) is 17.4. The summed E-state index contributed by atoms with van der Waals surface area (Å²) in [5.41, 5.74) is 0. The Hall–Kier alpha value is -0.570. The van der Waals surface area contributed by atoms with Gasteiger partial charge in [0.1, 0.15) is 0 Å². The standard InChI is InChI=1S/C15H32N2O/c1-7-8-9-11-17(5,6)12-10-16-15(18)14(4)13(2)3/h13-14H,7-12H2,1-6H3/p+1. The first-order valence-electron chi connectivity index (χ1n) is 7.40. The second kappa shape index (κ2) is 8.52. The van der Waals surface area contributed by atoms with Crippen LogP contribution < -0.4 is 5.32 Å². The minimum Gasteiger partial charge on any atom is -0.350 e.